The highest BCUT2D eigenvalue weighted by atomic mass is 16.3. The van der Waals surface area contributed by atoms with Gasteiger partial charge in [-0.25, -0.2) is 0 Å². The maximum absolute atomic E-state index is 9.12. The number of hydrogen-bond donors (Lipinski definition) is 4. The lowest BCUT2D eigenvalue weighted by atomic mass is 9.70. The maximum Gasteiger partial charge on any atom is 0.0544 e. The van der Waals surface area contributed by atoms with Crippen LogP contribution in [-0.2, 0) is 0 Å². The maximum atomic E-state index is 9.12. The molecule has 1 rings (SSSR count). The van der Waals surface area contributed by atoms with Gasteiger partial charge in [0, 0.05) is 10.8 Å². The van der Waals surface area contributed by atoms with Crippen molar-refractivity contribution in [2.24, 2.45) is 10.8 Å². The summed E-state index contributed by atoms with van der Waals surface area (Å²) in [5.74, 6) is 0. The van der Waals surface area contributed by atoms with Crippen molar-refractivity contribution in [2.45, 2.75) is 12.8 Å². The Morgan fingerprint density at radius 2 is 1.00 bits per heavy atom. The third kappa shape index (κ3) is 1.98. The Balaban J connectivity index is 2.79. The molecule has 82 valence electrons. The molecule has 0 aromatic rings. The predicted octanol–water partition coefficient (Wildman–Crippen LogP) is -0.722. The van der Waals surface area contributed by atoms with Crippen molar-refractivity contribution in [2.75, 3.05) is 26.4 Å². The van der Waals surface area contributed by atoms with E-state index in [1.54, 1.807) is 12.2 Å². The summed E-state index contributed by atoms with van der Waals surface area (Å²) >= 11 is 0. The predicted molar refractivity (Wildman–Crippen MR) is 51.6 cm³/mol. The molecule has 1 aliphatic rings. The van der Waals surface area contributed by atoms with E-state index in [1.807, 2.05) is 0 Å². The minimum atomic E-state index is -0.576. The lowest BCUT2D eigenvalue weighted by molar-refractivity contribution is 0.0302. The second kappa shape index (κ2) is 4.40. The largest absolute Gasteiger partial charge is 0.395 e. The molecule has 0 aromatic heterocycles. The summed E-state index contributed by atoms with van der Waals surface area (Å²) in [7, 11) is 0. The van der Waals surface area contributed by atoms with Crippen LogP contribution >= 0.6 is 0 Å². The van der Waals surface area contributed by atoms with Gasteiger partial charge in [0.05, 0.1) is 26.4 Å². The number of rotatable bonds is 4. The number of aliphatic hydroxyl groups excluding tert-OH is 4. The number of hydrogen-bond acceptors (Lipinski definition) is 4. The van der Waals surface area contributed by atoms with Gasteiger partial charge in [-0.05, 0) is 12.8 Å². The van der Waals surface area contributed by atoms with E-state index in [-0.39, 0.29) is 26.4 Å². The van der Waals surface area contributed by atoms with E-state index in [0.29, 0.717) is 12.8 Å². The first-order valence-electron chi connectivity index (χ1n) is 4.80. The van der Waals surface area contributed by atoms with Gasteiger partial charge in [0.1, 0.15) is 0 Å². The molecule has 0 heterocycles. The quantitative estimate of drug-likeness (QED) is 0.453. The molecule has 4 nitrogen and oxygen atoms in total. The smallest absolute Gasteiger partial charge is 0.0544 e. The molecule has 0 radical (unpaired) electrons. The third-order valence-corrected chi connectivity index (χ3v) is 3.17. The molecule has 4 N–H and O–H groups in total. The zero-order valence-electron chi connectivity index (χ0n) is 8.19. The molecule has 0 atom stereocenters. The lowest BCUT2D eigenvalue weighted by Gasteiger charge is -2.38. The molecule has 0 saturated carbocycles. The summed E-state index contributed by atoms with van der Waals surface area (Å²) in [6, 6.07) is 0. The first-order chi connectivity index (χ1) is 6.66. The highest BCUT2D eigenvalue weighted by molar-refractivity contribution is 5.12. The van der Waals surface area contributed by atoms with Crippen molar-refractivity contribution in [1.82, 2.24) is 0 Å². The normalized spacial score (nSPS) is 23.7. The van der Waals surface area contributed by atoms with Gasteiger partial charge >= 0.3 is 0 Å². The Morgan fingerprint density at radius 3 is 1.14 bits per heavy atom. The molecule has 0 bridgehead atoms. The Hall–Kier alpha value is -0.420. The van der Waals surface area contributed by atoms with Gasteiger partial charge in [0.25, 0.3) is 0 Å². The first kappa shape index (κ1) is 11.7. The van der Waals surface area contributed by atoms with Gasteiger partial charge in [0.15, 0.2) is 0 Å². The summed E-state index contributed by atoms with van der Waals surface area (Å²) in [5, 5.41) is 36.5. The fraction of sp³-hybridized carbons (Fsp3) is 0.800. The van der Waals surface area contributed by atoms with Crippen molar-refractivity contribution in [3.05, 3.63) is 12.2 Å². The second-order valence-electron chi connectivity index (χ2n) is 4.19. The molecule has 0 aromatic carbocycles. The SMILES string of the molecule is OCC1(CO)C=CC(CO)(CO)CC1. The molecule has 0 unspecified atom stereocenters. The van der Waals surface area contributed by atoms with Crippen LogP contribution in [0.1, 0.15) is 12.8 Å². The highest BCUT2D eigenvalue weighted by Crippen LogP contribution is 2.38. The van der Waals surface area contributed by atoms with E-state index in [0.717, 1.165) is 0 Å². The van der Waals surface area contributed by atoms with Crippen LogP contribution in [0.5, 0.6) is 0 Å². The van der Waals surface area contributed by atoms with Crippen molar-refractivity contribution < 1.29 is 20.4 Å². The van der Waals surface area contributed by atoms with Crippen molar-refractivity contribution in [3.8, 4) is 0 Å². The zero-order valence-corrected chi connectivity index (χ0v) is 8.19. The molecule has 0 saturated heterocycles. The fourth-order valence-electron chi connectivity index (χ4n) is 1.65. The van der Waals surface area contributed by atoms with Crippen LogP contribution in [0.2, 0.25) is 0 Å². The molecule has 4 heteroatoms. The monoisotopic (exact) mass is 202 g/mol. The molecule has 14 heavy (non-hydrogen) atoms. The van der Waals surface area contributed by atoms with Crippen LogP contribution in [-0.4, -0.2) is 46.9 Å². The van der Waals surface area contributed by atoms with Gasteiger partial charge in [-0.1, -0.05) is 12.2 Å². The van der Waals surface area contributed by atoms with E-state index in [9.17, 15) is 0 Å². The second-order valence-corrected chi connectivity index (χ2v) is 4.19. The standard InChI is InChI=1S/C10H18O4/c11-5-9(6-12)1-2-10(7-13,8-14)4-3-9/h1-2,11-14H,3-8H2. The van der Waals surface area contributed by atoms with E-state index >= 15 is 0 Å². The average molecular weight is 202 g/mol. The molecule has 0 fully saturated rings. The molecular weight excluding hydrogens is 184 g/mol. The van der Waals surface area contributed by atoms with Crippen LogP contribution < -0.4 is 0 Å². The molecule has 0 aliphatic heterocycles. The van der Waals surface area contributed by atoms with E-state index < -0.39 is 10.8 Å². The molecule has 1 aliphatic carbocycles. The lowest BCUT2D eigenvalue weighted by Crippen LogP contribution is -2.38. The van der Waals surface area contributed by atoms with Crippen molar-refractivity contribution in [1.29, 1.82) is 0 Å². The minimum Gasteiger partial charge on any atom is -0.395 e. The summed E-state index contributed by atoms with van der Waals surface area (Å²) in [6.45, 7) is -0.417. The Morgan fingerprint density at radius 1 is 0.714 bits per heavy atom. The van der Waals surface area contributed by atoms with Crippen LogP contribution in [0.15, 0.2) is 12.2 Å². The van der Waals surface area contributed by atoms with Gasteiger partial charge in [-0.3, -0.25) is 0 Å². The highest BCUT2D eigenvalue weighted by Gasteiger charge is 2.37. The van der Waals surface area contributed by atoms with E-state index in [2.05, 4.69) is 0 Å². The van der Waals surface area contributed by atoms with Crippen molar-refractivity contribution >= 4 is 0 Å². The van der Waals surface area contributed by atoms with E-state index in [4.69, 9.17) is 20.4 Å². The van der Waals surface area contributed by atoms with Crippen LogP contribution in [0, 0.1) is 10.8 Å². The van der Waals surface area contributed by atoms with Crippen LogP contribution in [0.25, 0.3) is 0 Å². The van der Waals surface area contributed by atoms with Crippen molar-refractivity contribution in [3.63, 3.8) is 0 Å². The summed E-state index contributed by atoms with van der Waals surface area (Å²) in [5.41, 5.74) is -1.15. The Labute approximate surface area is 83.5 Å². The molecular formula is C10H18O4. The van der Waals surface area contributed by atoms with Gasteiger partial charge in [-0.2, -0.15) is 0 Å². The molecule has 0 spiro atoms. The summed E-state index contributed by atoms with van der Waals surface area (Å²) in [6.07, 6.45) is 4.58. The van der Waals surface area contributed by atoms with Gasteiger partial charge in [-0.15, -0.1) is 0 Å². The van der Waals surface area contributed by atoms with Crippen LogP contribution in [0.3, 0.4) is 0 Å². The minimum absolute atomic E-state index is 0.104. The van der Waals surface area contributed by atoms with Crippen LogP contribution in [0.4, 0.5) is 0 Å². The van der Waals surface area contributed by atoms with Gasteiger partial charge in [0.2, 0.25) is 0 Å². The topological polar surface area (TPSA) is 80.9 Å². The number of aliphatic hydroxyl groups is 4. The average Bonchev–Trinajstić information content (AvgIpc) is 2.29. The summed E-state index contributed by atoms with van der Waals surface area (Å²) < 4.78 is 0. The van der Waals surface area contributed by atoms with Gasteiger partial charge < -0.3 is 20.4 Å². The van der Waals surface area contributed by atoms with E-state index in [1.165, 1.54) is 0 Å². The third-order valence-electron chi connectivity index (χ3n) is 3.17. The Kier molecular flexibility index (Phi) is 3.66. The molecule has 0 amide bonds. The fourth-order valence-corrected chi connectivity index (χ4v) is 1.65. The first-order valence-corrected chi connectivity index (χ1v) is 4.80. The zero-order chi connectivity index (χ0) is 10.7. The summed E-state index contributed by atoms with van der Waals surface area (Å²) in [4.78, 5) is 0. The Bertz CT molecular complexity index is 182.